The predicted octanol–water partition coefficient (Wildman–Crippen LogP) is 8.52. The van der Waals surface area contributed by atoms with E-state index in [1.807, 2.05) is 21.1 Å². The van der Waals surface area contributed by atoms with Gasteiger partial charge in [-0.25, -0.2) is 0 Å². The second kappa shape index (κ2) is 22.2. The molecule has 0 heterocycles. The molecule has 0 amide bonds. The highest BCUT2D eigenvalue weighted by Crippen LogP contribution is 2.64. The molecule has 0 spiro atoms. The van der Waals surface area contributed by atoms with Crippen LogP contribution in [0.25, 0.3) is 0 Å². The molecule has 8 nitrogen and oxygen atoms in total. The summed E-state index contributed by atoms with van der Waals surface area (Å²) in [4.78, 5) is 0. The van der Waals surface area contributed by atoms with E-state index < -0.39 is 83.1 Å². The summed E-state index contributed by atoms with van der Waals surface area (Å²) in [5.41, 5.74) is 0. The molecule has 0 saturated heterocycles. The first-order chi connectivity index (χ1) is 24.9. The summed E-state index contributed by atoms with van der Waals surface area (Å²) in [6.45, 7) is 2.50. The van der Waals surface area contributed by atoms with E-state index in [1.165, 1.54) is 0 Å². The maximum Gasteiger partial charge on any atom is 0.460 e. The van der Waals surface area contributed by atoms with Crippen LogP contribution in [0.5, 0.6) is 0 Å². The van der Waals surface area contributed by atoms with E-state index in [4.69, 9.17) is 18.8 Å². The van der Waals surface area contributed by atoms with Crippen LogP contribution in [0.1, 0.15) is 64.2 Å². The molecule has 340 valence electrons. The summed E-state index contributed by atoms with van der Waals surface area (Å²) >= 11 is 0. The number of quaternary nitrogens is 1. The lowest BCUT2D eigenvalue weighted by atomic mass is 9.87. The van der Waals surface area contributed by atoms with Crippen molar-refractivity contribution in [2.45, 2.75) is 118 Å². The second-order valence-electron chi connectivity index (χ2n) is 13.7. The Balaban J connectivity index is 0. The van der Waals surface area contributed by atoms with E-state index in [-0.39, 0.29) is 19.6 Å². The first-order valence-electron chi connectivity index (χ1n) is 16.7. The molecule has 0 aliphatic carbocycles. The SMILES string of the molecule is CS(=O)(=O)O.C[N+](C)(C)CCOCCOCC(O)COCCCCCCCCCCCC(F)(F)C(F)(F)C(F)(F)C(F)(F)C(F)(F)C(F)(F)C(F)(F)C(F)(F)F. The number of aliphatic hydroxyl groups excluding tert-OH is 1. The Morgan fingerprint density at radius 2 is 0.821 bits per heavy atom. The zero-order valence-corrected chi connectivity index (χ0v) is 31.6. The number of rotatable bonds is 28. The number of unbranched alkanes of at least 4 members (excludes halogenated alkanes) is 8. The average Bonchev–Trinajstić information content (AvgIpc) is 3.00. The maximum absolute atomic E-state index is 14.0. The highest BCUT2D eigenvalue weighted by molar-refractivity contribution is 7.85. The van der Waals surface area contributed by atoms with Crippen molar-refractivity contribution in [2.75, 3.05) is 73.6 Å². The van der Waals surface area contributed by atoms with Gasteiger partial charge in [-0.2, -0.15) is 83.1 Å². The van der Waals surface area contributed by atoms with Crippen molar-refractivity contribution in [3.8, 4) is 0 Å². The van der Waals surface area contributed by atoms with Crippen molar-refractivity contribution < 1.29 is 111 Å². The van der Waals surface area contributed by atoms with Gasteiger partial charge in [0, 0.05) is 13.0 Å². The van der Waals surface area contributed by atoms with Gasteiger partial charge in [-0.15, -0.1) is 0 Å². The van der Waals surface area contributed by atoms with E-state index in [2.05, 4.69) is 0 Å². The highest BCUT2D eigenvalue weighted by atomic mass is 32.2. The van der Waals surface area contributed by atoms with Crippen LogP contribution in [0, 0.1) is 0 Å². The third-order valence-corrected chi connectivity index (χ3v) is 7.47. The molecule has 1 unspecified atom stereocenters. The number of hydrogen-bond acceptors (Lipinski definition) is 6. The van der Waals surface area contributed by atoms with Crippen LogP contribution in [-0.2, 0) is 24.3 Å². The second-order valence-corrected chi connectivity index (χ2v) is 15.2. The molecule has 0 rings (SSSR count). The Bertz CT molecular complexity index is 1210. The summed E-state index contributed by atoms with van der Waals surface area (Å²) in [7, 11) is 2.41. The molecule has 0 aromatic heterocycles. The van der Waals surface area contributed by atoms with Gasteiger partial charge in [-0.1, -0.05) is 44.9 Å². The molecule has 0 aliphatic heterocycles. The topological polar surface area (TPSA) is 102 Å². The average molecular weight is 891 g/mol. The molecule has 0 radical (unpaired) electrons. The fourth-order valence-corrected chi connectivity index (χ4v) is 4.19. The van der Waals surface area contributed by atoms with Crippen LogP contribution >= 0.6 is 0 Å². The molecular formula is C30H49F17NO7S+. The van der Waals surface area contributed by atoms with Crippen LogP contribution in [0.3, 0.4) is 0 Å². The Morgan fingerprint density at radius 3 is 1.21 bits per heavy atom. The normalized spacial score (nSPS) is 15.1. The smallest absolute Gasteiger partial charge is 0.388 e. The van der Waals surface area contributed by atoms with Gasteiger partial charge in [-0.3, -0.25) is 4.55 Å². The first kappa shape index (κ1) is 56.6. The lowest BCUT2D eigenvalue weighted by Gasteiger charge is -2.42. The van der Waals surface area contributed by atoms with Crippen LogP contribution in [0.2, 0.25) is 0 Å². The maximum atomic E-state index is 14.0. The van der Waals surface area contributed by atoms with Crippen LogP contribution in [0.15, 0.2) is 0 Å². The van der Waals surface area contributed by atoms with Gasteiger partial charge >= 0.3 is 47.6 Å². The van der Waals surface area contributed by atoms with Gasteiger partial charge in [-0.05, 0) is 12.8 Å². The molecule has 0 bridgehead atoms. The van der Waals surface area contributed by atoms with E-state index in [0.717, 1.165) is 11.0 Å². The van der Waals surface area contributed by atoms with Gasteiger partial charge in [0.1, 0.15) is 12.6 Å². The molecule has 0 aromatic rings. The minimum absolute atomic E-state index is 0.0242. The zero-order chi connectivity index (χ0) is 44.7. The Hall–Kier alpha value is -1.48. The quantitative estimate of drug-likeness (QED) is 0.0352. The Morgan fingerprint density at radius 1 is 0.500 bits per heavy atom. The van der Waals surface area contributed by atoms with E-state index in [9.17, 15) is 88.2 Å². The summed E-state index contributed by atoms with van der Waals surface area (Å²) in [6, 6.07) is 0. The molecule has 0 aliphatic rings. The van der Waals surface area contributed by atoms with Crippen molar-refractivity contribution in [1.82, 2.24) is 0 Å². The van der Waals surface area contributed by atoms with Gasteiger partial charge < -0.3 is 23.8 Å². The number of aliphatic hydroxyl groups is 1. The van der Waals surface area contributed by atoms with E-state index in [1.54, 1.807) is 0 Å². The number of hydrogen-bond donors (Lipinski definition) is 2. The number of ether oxygens (including phenoxy) is 3. The third-order valence-electron chi connectivity index (χ3n) is 7.47. The van der Waals surface area contributed by atoms with Crippen LogP contribution in [-0.4, -0.2) is 150 Å². The Kier molecular flexibility index (Phi) is 22.5. The third kappa shape index (κ3) is 17.4. The lowest BCUT2D eigenvalue weighted by Crippen LogP contribution is -2.74. The van der Waals surface area contributed by atoms with Crippen molar-refractivity contribution in [2.24, 2.45) is 0 Å². The van der Waals surface area contributed by atoms with Crippen molar-refractivity contribution >= 4 is 10.1 Å². The van der Waals surface area contributed by atoms with Gasteiger partial charge in [0.25, 0.3) is 10.1 Å². The molecule has 2 N–H and O–H groups in total. The summed E-state index contributed by atoms with van der Waals surface area (Å²) in [5.74, 6) is -55.9. The zero-order valence-electron chi connectivity index (χ0n) is 30.8. The molecule has 0 fully saturated rings. The fourth-order valence-electron chi connectivity index (χ4n) is 4.19. The molecule has 26 heteroatoms. The number of halogens is 17. The van der Waals surface area contributed by atoms with E-state index in [0.29, 0.717) is 71.2 Å². The van der Waals surface area contributed by atoms with Gasteiger partial charge in [0.2, 0.25) is 0 Å². The lowest BCUT2D eigenvalue weighted by molar-refractivity contribution is -0.870. The number of likely N-dealkylation sites (N-methyl/N-ethyl adjacent to an activating group) is 1. The van der Waals surface area contributed by atoms with Crippen molar-refractivity contribution in [3.63, 3.8) is 0 Å². The van der Waals surface area contributed by atoms with E-state index >= 15 is 0 Å². The first-order valence-corrected chi connectivity index (χ1v) is 18.6. The molecule has 1 atom stereocenters. The standard InChI is InChI=1S/C29H45F17NO4.CH4O3S/c1-47(2,3)14-16-49-17-18-51-20-21(48)19-50-15-12-10-8-6-4-5-7-9-11-13-22(30,31)23(32,33)24(34,35)25(36,37)26(38,39)27(40,41)28(42,43)29(44,45)46;1-5(2,3)4/h21,48H,4-20H2,1-3H3;1H3,(H,2,3,4)/q+1;. The van der Waals surface area contributed by atoms with Crippen LogP contribution in [0.4, 0.5) is 74.6 Å². The van der Waals surface area contributed by atoms with Crippen molar-refractivity contribution in [3.05, 3.63) is 0 Å². The fraction of sp³-hybridized carbons (Fsp3) is 1.00. The molecule has 0 aromatic carbocycles. The van der Waals surface area contributed by atoms with Gasteiger partial charge in [0.15, 0.2) is 0 Å². The minimum Gasteiger partial charge on any atom is -0.388 e. The van der Waals surface area contributed by atoms with Crippen molar-refractivity contribution in [1.29, 1.82) is 0 Å². The molecule has 56 heavy (non-hydrogen) atoms. The summed E-state index contributed by atoms with van der Waals surface area (Å²) in [6.07, 6.45) is -8.36. The largest absolute Gasteiger partial charge is 0.460 e. The molecular weight excluding hydrogens is 841 g/mol. The van der Waals surface area contributed by atoms with Gasteiger partial charge in [0.05, 0.1) is 60.4 Å². The highest BCUT2D eigenvalue weighted by Gasteiger charge is 2.95. The minimum atomic E-state index is -8.60. The molecule has 0 saturated carbocycles. The Labute approximate surface area is 313 Å². The van der Waals surface area contributed by atoms with Crippen LogP contribution < -0.4 is 0 Å². The predicted molar refractivity (Wildman–Crippen MR) is 166 cm³/mol. The number of nitrogens with zero attached hydrogens (tertiary/aromatic N) is 1. The summed E-state index contributed by atoms with van der Waals surface area (Å²) in [5, 5.41) is 9.83. The summed E-state index contributed by atoms with van der Waals surface area (Å²) < 4.78 is 269. The monoisotopic (exact) mass is 890 g/mol. The number of alkyl halides is 17.